The number of pyridine rings is 1. The Kier molecular flexibility index (Phi) is 9.13. The Balaban J connectivity index is 1.10. The van der Waals surface area contributed by atoms with Crippen LogP contribution in [0.4, 0.5) is 0 Å². The van der Waals surface area contributed by atoms with Crippen LogP contribution in [0.5, 0.6) is 0 Å². The maximum atomic E-state index is 5.40. The Morgan fingerprint density at radius 2 is 0.639 bits per heavy atom. The molecule has 0 bridgehead atoms. The maximum absolute atomic E-state index is 5.40. The van der Waals surface area contributed by atoms with Crippen LogP contribution in [0.1, 0.15) is 22.3 Å². The van der Waals surface area contributed by atoms with Gasteiger partial charge in [0.05, 0.1) is 16.8 Å². The predicted octanol–water partition coefficient (Wildman–Crippen LogP) is 15.4. The van der Waals surface area contributed by atoms with Gasteiger partial charge in [0.15, 0.2) is 0 Å². The van der Waals surface area contributed by atoms with Gasteiger partial charge in [-0.2, -0.15) is 0 Å². The summed E-state index contributed by atoms with van der Waals surface area (Å²) in [4.78, 5) is 5.40. The molecule has 1 aromatic heterocycles. The van der Waals surface area contributed by atoms with Crippen molar-refractivity contribution in [3.63, 3.8) is 0 Å². The van der Waals surface area contributed by atoms with Gasteiger partial charge in [-0.3, -0.25) is 0 Å². The van der Waals surface area contributed by atoms with E-state index in [9.17, 15) is 0 Å². The molecule has 0 spiro atoms. The van der Waals surface area contributed by atoms with Gasteiger partial charge < -0.3 is 0 Å². The quantitative estimate of drug-likeness (QED) is 0.150. The molecule has 1 nitrogen and oxygen atoms in total. The summed E-state index contributed by atoms with van der Waals surface area (Å²) in [5.74, 6) is 0. The Morgan fingerprint density at radius 3 is 1.25 bits per heavy atom. The number of hydrogen-bond acceptors (Lipinski definition) is 1. The molecule has 1 heteroatoms. The molecule has 9 aromatic carbocycles. The van der Waals surface area contributed by atoms with Crippen LogP contribution in [0.15, 0.2) is 249 Å². The normalized spacial score (nSPS) is 12.4. The summed E-state index contributed by atoms with van der Waals surface area (Å²) in [7, 11) is 0. The molecule has 1 aliphatic rings. The summed E-state index contributed by atoms with van der Waals surface area (Å²) in [6.07, 6.45) is 0. The fourth-order valence-electron chi connectivity index (χ4n) is 9.57. The van der Waals surface area contributed by atoms with E-state index in [4.69, 9.17) is 4.98 Å². The molecule has 0 radical (unpaired) electrons. The highest BCUT2D eigenvalue weighted by Crippen LogP contribution is 2.58. The van der Waals surface area contributed by atoms with Crippen molar-refractivity contribution in [2.45, 2.75) is 5.41 Å². The van der Waals surface area contributed by atoms with Crippen LogP contribution in [0.3, 0.4) is 0 Å². The molecule has 0 saturated carbocycles. The number of benzene rings is 9. The van der Waals surface area contributed by atoms with E-state index >= 15 is 0 Å². The summed E-state index contributed by atoms with van der Waals surface area (Å²) in [6.45, 7) is 0. The van der Waals surface area contributed by atoms with Crippen LogP contribution in [-0.2, 0) is 5.41 Å². The Hall–Kier alpha value is -7.87. The number of fused-ring (bicyclic) bond motifs is 3. The van der Waals surface area contributed by atoms with E-state index < -0.39 is 5.41 Å². The molecular formula is C60H41N. The highest BCUT2D eigenvalue weighted by molar-refractivity contribution is 5.96. The number of aromatic nitrogens is 1. The standard InChI is InChI=1S/C60H41N/c1-6-20-42(21-7-1)47-37-48(43-22-8-2-9-23-43)39-50(38-47)58-41-49(40-57(61-58)44-24-10-3-11-25-44)45-26-18-27-46(36-45)53-33-19-35-56-59(53)54-32-16-17-34-55(54)60(56,51-28-12-4-13-29-51)52-30-14-5-15-31-52/h1-41H. The molecule has 11 rings (SSSR count). The molecule has 0 saturated heterocycles. The molecule has 0 N–H and O–H groups in total. The summed E-state index contributed by atoms with van der Waals surface area (Å²) in [5.41, 5.74) is 20.6. The van der Waals surface area contributed by atoms with Gasteiger partial charge in [0.1, 0.15) is 0 Å². The van der Waals surface area contributed by atoms with Crippen molar-refractivity contribution < 1.29 is 0 Å². The molecule has 1 heterocycles. The zero-order valence-corrected chi connectivity index (χ0v) is 33.6. The minimum atomic E-state index is -0.459. The van der Waals surface area contributed by atoms with E-state index in [0.717, 1.165) is 44.8 Å². The summed E-state index contributed by atoms with van der Waals surface area (Å²) in [6, 6.07) is 90.2. The van der Waals surface area contributed by atoms with Gasteiger partial charge in [0.2, 0.25) is 0 Å². The van der Waals surface area contributed by atoms with Gasteiger partial charge in [-0.1, -0.05) is 212 Å². The van der Waals surface area contributed by atoms with Gasteiger partial charge >= 0.3 is 0 Å². The molecule has 0 aliphatic heterocycles. The van der Waals surface area contributed by atoms with Crippen molar-refractivity contribution in [1.29, 1.82) is 0 Å². The van der Waals surface area contributed by atoms with Crippen molar-refractivity contribution in [2.24, 2.45) is 0 Å². The number of rotatable bonds is 8. The smallest absolute Gasteiger partial charge is 0.0716 e. The predicted molar refractivity (Wildman–Crippen MR) is 254 cm³/mol. The third kappa shape index (κ3) is 6.39. The van der Waals surface area contributed by atoms with E-state index in [-0.39, 0.29) is 0 Å². The molecule has 0 amide bonds. The van der Waals surface area contributed by atoms with Crippen LogP contribution >= 0.6 is 0 Å². The fourth-order valence-corrected chi connectivity index (χ4v) is 9.57. The fraction of sp³-hybridized carbons (Fsp3) is 0.0167. The first-order chi connectivity index (χ1) is 30.2. The zero-order valence-electron chi connectivity index (χ0n) is 33.6. The summed E-state index contributed by atoms with van der Waals surface area (Å²) < 4.78 is 0. The minimum Gasteiger partial charge on any atom is -0.248 e. The molecule has 0 atom stereocenters. The van der Waals surface area contributed by atoms with E-state index in [1.807, 2.05) is 0 Å². The highest BCUT2D eigenvalue weighted by atomic mass is 14.7. The molecular weight excluding hydrogens is 735 g/mol. The monoisotopic (exact) mass is 775 g/mol. The SMILES string of the molecule is c1ccc(-c2cc(-c3ccccc3)cc(-c3cc(-c4cccc(-c5cccc6c5-c5ccccc5C6(c5ccccc5)c5ccccc5)c4)cc(-c4ccccc4)n3)c2)cc1. The van der Waals surface area contributed by atoms with Crippen LogP contribution in [-0.4, -0.2) is 4.98 Å². The first kappa shape index (κ1) is 36.2. The first-order valence-corrected chi connectivity index (χ1v) is 21.0. The van der Waals surface area contributed by atoms with Crippen molar-refractivity contribution >= 4 is 0 Å². The average molecular weight is 776 g/mol. The second-order valence-electron chi connectivity index (χ2n) is 15.9. The van der Waals surface area contributed by atoms with Crippen molar-refractivity contribution in [1.82, 2.24) is 4.98 Å². The van der Waals surface area contributed by atoms with Gasteiger partial charge in [0.25, 0.3) is 0 Å². The lowest BCUT2D eigenvalue weighted by Crippen LogP contribution is -2.28. The maximum Gasteiger partial charge on any atom is 0.0716 e. The van der Waals surface area contributed by atoms with Gasteiger partial charge in [0, 0.05) is 11.1 Å². The van der Waals surface area contributed by atoms with Crippen LogP contribution < -0.4 is 0 Å². The lowest BCUT2D eigenvalue weighted by Gasteiger charge is -2.34. The number of nitrogens with zero attached hydrogens (tertiary/aromatic N) is 1. The lowest BCUT2D eigenvalue weighted by atomic mass is 9.67. The van der Waals surface area contributed by atoms with E-state index in [2.05, 4.69) is 249 Å². The second kappa shape index (κ2) is 15.4. The zero-order chi connectivity index (χ0) is 40.6. The van der Waals surface area contributed by atoms with Gasteiger partial charge in [-0.25, -0.2) is 4.98 Å². The van der Waals surface area contributed by atoms with E-state index in [0.29, 0.717) is 0 Å². The summed E-state index contributed by atoms with van der Waals surface area (Å²) >= 11 is 0. The minimum absolute atomic E-state index is 0.459. The van der Waals surface area contributed by atoms with Crippen LogP contribution in [0, 0.1) is 0 Å². The second-order valence-corrected chi connectivity index (χ2v) is 15.9. The lowest BCUT2D eigenvalue weighted by molar-refractivity contribution is 0.768. The third-order valence-corrected chi connectivity index (χ3v) is 12.3. The average Bonchev–Trinajstić information content (AvgIpc) is 3.66. The number of hydrogen-bond donors (Lipinski definition) is 0. The van der Waals surface area contributed by atoms with Crippen LogP contribution in [0.2, 0.25) is 0 Å². The third-order valence-electron chi connectivity index (χ3n) is 12.3. The molecule has 286 valence electrons. The van der Waals surface area contributed by atoms with E-state index in [1.54, 1.807) is 0 Å². The Labute approximate surface area is 358 Å². The molecule has 61 heavy (non-hydrogen) atoms. The highest BCUT2D eigenvalue weighted by Gasteiger charge is 2.46. The molecule has 10 aromatic rings. The van der Waals surface area contributed by atoms with Crippen LogP contribution in [0.25, 0.3) is 78.1 Å². The summed E-state index contributed by atoms with van der Waals surface area (Å²) in [5, 5.41) is 0. The Bertz CT molecular complexity index is 3060. The van der Waals surface area contributed by atoms with Gasteiger partial charge in [-0.05, 0) is 114 Å². The molecule has 0 fully saturated rings. The van der Waals surface area contributed by atoms with E-state index in [1.165, 1.54) is 55.6 Å². The topological polar surface area (TPSA) is 12.9 Å². The van der Waals surface area contributed by atoms with Crippen molar-refractivity contribution in [2.75, 3.05) is 0 Å². The van der Waals surface area contributed by atoms with Gasteiger partial charge in [-0.15, -0.1) is 0 Å². The molecule has 1 aliphatic carbocycles. The largest absolute Gasteiger partial charge is 0.248 e. The van der Waals surface area contributed by atoms with Crippen molar-refractivity contribution in [3.05, 3.63) is 271 Å². The first-order valence-electron chi connectivity index (χ1n) is 21.0. The molecule has 0 unspecified atom stereocenters. The Morgan fingerprint density at radius 1 is 0.246 bits per heavy atom. The van der Waals surface area contributed by atoms with Crippen molar-refractivity contribution in [3.8, 4) is 78.1 Å².